The first kappa shape index (κ1) is 3.67. The summed E-state index contributed by atoms with van der Waals surface area (Å²) >= 11 is 0. The third-order valence-corrected chi connectivity index (χ3v) is 1.96. The molecule has 7 heavy (non-hydrogen) atoms. The van der Waals surface area contributed by atoms with E-state index in [1.165, 1.54) is 6.42 Å². The summed E-state index contributed by atoms with van der Waals surface area (Å²) in [5.74, 6) is 0.984. The quantitative estimate of drug-likeness (QED) is 0.468. The van der Waals surface area contributed by atoms with E-state index in [1.807, 2.05) is 6.08 Å². The zero-order valence-electron chi connectivity index (χ0n) is 4.22. The number of hydrogen-bond donors (Lipinski definition) is 1. The van der Waals surface area contributed by atoms with Crippen LogP contribution in [-0.4, -0.2) is 12.1 Å². The molecule has 1 nitrogen and oxygen atoms in total. The summed E-state index contributed by atoms with van der Waals surface area (Å²) in [6.45, 7) is 3.70. The van der Waals surface area contributed by atoms with Crippen LogP contribution in [0.4, 0.5) is 0 Å². The minimum atomic E-state index is 0.671. The summed E-state index contributed by atoms with van der Waals surface area (Å²) in [7, 11) is 0. The third kappa shape index (κ3) is 0.317. The predicted molar refractivity (Wildman–Crippen MR) is 29.0 cm³/mol. The summed E-state index contributed by atoms with van der Waals surface area (Å²) < 4.78 is 0. The molecule has 0 spiro atoms. The van der Waals surface area contributed by atoms with Crippen molar-refractivity contribution in [3.63, 3.8) is 0 Å². The van der Waals surface area contributed by atoms with Gasteiger partial charge in [-0.05, 0) is 12.3 Å². The van der Waals surface area contributed by atoms with E-state index in [2.05, 4.69) is 11.9 Å². The van der Waals surface area contributed by atoms with E-state index in [4.69, 9.17) is 0 Å². The van der Waals surface area contributed by atoms with E-state index in [9.17, 15) is 0 Å². The maximum atomic E-state index is 3.70. The van der Waals surface area contributed by atoms with Gasteiger partial charge in [-0.15, -0.1) is 6.58 Å². The molecule has 0 aromatic rings. The molecule has 2 aliphatic rings. The van der Waals surface area contributed by atoms with Gasteiger partial charge in [0.1, 0.15) is 0 Å². The lowest BCUT2D eigenvalue weighted by Crippen LogP contribution is -2.43. The second-order valence-corrected chi connectivity index (χ2v) is 2.43. The topological polar surface area (TPSA) is 12.0 Å². The Morgan fingerprint density at radius 1 is 1.71 bits per heavy atom. The molecule has 2 fully saturated rings. The van der Waals surface area contributed by atoms with Crippen molar-refractivity contribution in [2.45, 2.75) is 18.5 Å². The molecule has 1 heterocycles. The Morgan fingerprint density at radius 3 is 2.71 bits per heavy atom. The highest BCUT2D eigenvalue weighted by Crippen LogP contribution is 2.43. The summed E-state index contributed by atoms with van der Waals surface area (Å²) in [6, 6.07) is 1.56. The molecule has 0 amide bonds. The lowest BCUT2D eigenvalue weighted by atomic mass is 10.1. The van der Waals surface area contributed by atoms with Crippen LogP contribution in [0.25, 0.3) is 0 Å². The zero-order valence-corrected chi connectivity index (χ0v) is 4.22. The Labute approximate surface area is 43.4 Å². The van der Waals surface area contributed by atoms with Crippen molar-refractivity contribution in [2.75, 3.05) is 0 Å². The average Bonchev–Trinajstić information content (AvgIpc) is 2.18. The summed E-state index contributed by atoms with van der Waals surface area (Å²) in [4.78, 5) is 0. The fourth-order valence-electron chi connectivity index (χ4n) is 1.30. The lowest BCUT2D eigenvalue weighted by molar-refractivity contribution is 0.417. The van der Waals surface area contributed by atoms with Gasteiger partial charge in [-0.2, -0.15) is 0 Å². The fourth-order valence-corrected chi connectivity index (χ4v) is 1.30. The van der Waals surface area contributed by atoms with E-state index in [0.29, 0.717) is 6.04 Å². The van der Waals surface area contributed by atoms with Crippen molar-refractivity contribution in [2.24, 2.45) is 5.92 Å². The molecule has 1 saturated carbocycles. The Morgan fingerprint density at radius 2 is 2.57 bits per heavy atom. The number of nitrogens with one attached hydrogen (secondary N) is 1. The van der Waals surface area contributed by atoms with Crippen molar-refractivity contribution < 1.29 is 0 Å². The molecule has 0 bridgehead atoms. The smallest absolute Gasteiger partial charge is 0.0293 e. The molecular weight excluding hydrogens is 86.1 g/mol. The molecule has 2 rings (SSSR count). The third-order valence-electron chi connectivity index (χ3n) is 1.96. The van der Waals surface area contributed by atoms with Crippen LogP contribution in [0.15, 0.2) is 12.7 Å². The second kappa shape index (κ2) is 0.920. The highest BCUT2D eigenvalue weighted by atomic mass is 15.1. The Bertz CT molecular complexity index is 109. The summed E-state index contributed by atoms with van der Waals surface area (Å²) in [5, 5.41) is 3.35. The molecule has 0 aromatic heterocycles. The molecule has 1 N–H and O–H groups in total. The van der Waals surface area contributed by atoms with Gasteiger partial charge in [0.05, 0.1) is 0 Å². The van der Waals surface area contributed by atoms with Gasteiger partial charge in [0.15, 0.2) is 0 Å². The Balaban J connectivity index is 2.02. The minimum absolute atomic E-state index is 0.671. The monoisotopic (exact) mass is 95.1 g/mol. The molecule has 38 valence electrons. The minimum Gasteiger partial charge on any atom is -0.307 e. The average molecular weight is 95.1 g/mol. The van der Waals surface area contributed by atoms with E-state index in [-0.39, 0.29) is 0 Å². The van der Waals surface area contributed by atoms with Crippen LogP contribution in [0.1, 0.15) is 6.42 Å². The van der Waals surface area contributed by atoms with E-state index < -0.39 is 0 Å². The number of hydrogen-bond acceptors (Lipinski definition) is 1. The first-order chi connectivity index (χ1) is 3.42. The van der Waals surface area contributed by atoms with Gasteiger partial charge in [0, 0.05) is 12.1 Å². The normalized spacial score (nSPS) is 54.6. The Hall–Kier alpha value is -0.300. The maximum absolute atomic E-state index is 3.70. The second-order valence-electron chi connectivity index (χ2n) is 2.43. The van der Waals surface area contributed by atoms with Crippen molar-refractivity contribution in [3.05, 3.63) is 12.7 Å². The number of rotatable bonds is 1. The predicted octanol–water partition coefficient (Wildman–Crippen LogP) is 0.533. The first-order valence-corrected chi connectivity index (χ1v) is 2.80. The molecule has 3 atom stereocenters. The standard InChI is InChI=1S/C6H9N/c1-2-5-4-3-6(4)7-5/h2,4-7H,1,3H2. The largest absolute Gasteiger partial charge is 0.307 e. The fraction of sp³-hybridized carbons (Fsp3) is 0.667. The van der Waals surface area contributed by atoms with E-state index >= 15 is 0 Å². The number of fused-ring (bicyclic) bond motifs is 1. The molecular formula is C6H9N. The maximum Gasteiger partial charge on any atom is 0.0293 e. The van der Waals surface area contributed by atoms with Gasteiger partial charge in [-0.25, -0.2) is 0 Å². The van der Waals surface area contributed by atoms with Crippen LogP contribution in [0.2, 0.25) is 0 Å². The highest BCUT2D eigenvalue weighted by molar-refractivity contribution is 5.16. The van der Waals surface area contributed by atoms with Crippen molar-refractivity contribution in [3.8, 4) is 0 Å². The zero-order chi connectivity index (χ0) is 4.85. The lowest BCUT2D eigenvalue weighted by Gasteiger charge is -2.22. The van der Waals surface area contributed by atoms with E-state index in [1.54, 1.807) is 0 Å². The van der Waals surface area contributed by atoms with Gasteiger partial charge >= 0.3 is 0 Å². The van der Waals surface area contributed by atoms with Crippen molar-refractivity contribution >= 4 is 0 Å². The van der Waals surface area contributed by atoms with Crippen LogP contribution in [0, 0.1) is 5.92 Å². The Kier molecular flexibility index (Phi) is 0.482. The van der Waals surface area contributed by atoms with Gasteiger partial charge in [0.25, 0.3) is 0 Å². The van der Waals surface area contributed by atoms with Crippen LogP contribution < -0.4 is 5.32 Å². The van der Waals surface area contributed by atoms with Gasteiger partial charge < -0.3 is 5.32 Å². The molecule has 1 aliphatic carbocycles. The van der Waals surface area contributed by atoms with Crippen molar-refractivity contribution in [1.82, 2.24) is 5.32 Å². The molecule has 0 radical (unpaired) electrons. The van der Waals surface area contributed by atoms with Gasteiger partial charge in [-0.1, -0.05) is 6.08 Å². The van der Waals surface area contributed by atoms with Crippen LogP contribution >= 0.6 is 0 Å². The molecule has 0 aromatic carbocycles. The van der Waals surface area contributed by atoms with Gasteiger partial charge in [-0.3, -0.25) is 0 Å². The summed E-state index contributed by atoms with van der Waals surface area (Å²) in [5.41, 5.74) is 0. The summed E-state index contributed by atoms with van der Waals surface area (Å²) in [6.07, 6.45) is 3.41. The molecule has 3 unspecified atom stereocenters. The van der Waals surface area contributed by atoms with E-state index in [0.717, 1.165) is 12.0 Å². The van der Waals surface area contributed by atoms with Crippen LogP contribution in [-0.2, 0) is 0 Å². The van der Waals surface area contributed by atoms with Crippen LogP contribution in [0.3, 0.4) is 0 Å². The highest BCUT2D eigenvalue weighted by Gasteiger charge is 2.51. The molecule has 1 heteroatoms. The first-order valence-electron chi connectivity index (χ1n) is 2.80. The van der Waals surface area contributed by atoms with Crippen LogP contribution in [0.5, 0.6) is 0 Å². The molecule has 1 aliphatic heterocycles. The van der Waals surface area contributed by atoms with Gasteiger partial charge in [0.2, 0.25) is 0 Å². The SMILES string of the molecule is C=CC1NC2CC12. The molecule has 1 saturated heterocycles. The van der Waals surface area contributed by atoms with Crippen molar-refractivity contribution in [1.29, 1.82) is 0 Å².